The molecule has 4 rings (SSSR count). The van der Waals surface area contributed by atoms with E-state index in [0.29, 0.717) is 31.1 Å². The van der Waals surface area contributed by atoms with Gasteiger partial charge in [-0.3, -0.25) is 14.2 Å². The Morgan fingerprint density at radius 1 is 1.17 bits per heavy atom. The van der Waals surface area contributed by atoms with E-state index in [4.69, 9.17) is 4.74 Å². The first kappa shape index (κ1) is 24.5. The van der Waals surface area contributed by atoms with E-state index in [0.717, 1.165) is 24.8 Å². The summed E-state index contributed by atoms with van der Waals surface area (Å²) in [6.07, 6.45) is 3.05. The number of nitrogens with zero attached hydrogens (tertiary/aromatic N) is 3. The summed E-state index contributed by atoms with van der Waals surface area (Å²) in [5, 5.41) is 10.8. The lowest BCUT2D eigenvalue weighted by Gasteiger charge is -2.23. The van der Waals surface area contributed by atoms with Gasteiger partial charge in [-0.15, -0.1) is 0 Å². The molecular weight excluding hydrogens is 442 g/mol. The van der Waals surface area contributed by atoms with Crippen molar-refractivity contribution in [3.05, 3.63) is 87.5 Å². The number of amides is 1. The smallest absolute Gasteiger partial charge is 0.270 e. The van der Waals surface area contributed by atoms with Gasteiger partial charge < -0.3 is 14.7 Å². The molecule has 0 aliphatic carbocycles. The van der Waals surface area contributed by atoms with E-state index in [1.807, 2.05) is 49.4 Å². The van der Waals surface area contributed by atoms with Gasteiger partial charge in [0.15, 0.2) is 5.56 Å². The maximum atomic E-state index is 13.8. The van der Waals surface area contributed by atoms with Gasteiger partial charge in [0.1, 0.15) is 11.6 Å². The summed E-state index contributed by atoms with van der Waals surface area (Å²) in [4.78, 5) is 33.4. The average molecular weight is 476 g/mol. The number of aromatic hydroxyl groups is 1. The Hall–Kier alpha value is -3.61. The number of rotatable bonds is 8. The topological polar surface area (TPSA) is 84.7 Å². The summed E-state index contributed by atoms with van der Waals surface area (Å²) in [5.41, 5.74) is 1.20. The lowest BCUT2D eigenvalue weighted by atomic mass is 9.99. The summed E-state index contributed by atoms with van der Waals surface area (Å²) in [6.45, 7) is 4.97. The van der Waals surface area contributed by atoms with Crippen LogP contribution in [0.3, 0.4) is 0 Å². The van der Waals surface area contributed by atoms with Gasteiger partial charge in [-0.05, 0) is 31.4 Å². The van der Waals surface area contributed by atoms with Gasteiger partial charge in [0.25, 0.3) is 11.5 Å². The molecule has 7 heteroatoms. The van der Waals surface area contributed by atoms with Gasteiger partial charge in [0.05, 0.1) is 13.2 Å². The van der Waals surface area contributed by atoms with Crippen molar-refractivity contribution in [3.63, 3.8) is 0 Å². The molecule has 1 aliphatic heterocycles. The molecule has 35 heavy (non-hydrogen) atoms. The molecule has 1 N–H and O–H groups in total. The van der Waals surface area contributed by atoms with Crippen LogP contribution in [-0.2, 0) is 6.42 Å². The van der Waals surface area contributed by atoms with E-state index >= 15 is 0 Å². The van der Waals surface area contributed by atoms with Gasteiger partial charge in [0.2, 0.25) is 5.88 Å². The van der Waals surface area contributed by atoms with E-state index in [9.17, 15) is 14.7 Å². The monoisotopic (exact) mass is 475 g/mol. The number of hydrogen-bond donors (Lipinski definition) is 1. The number of likely N-dealkylation sites (tertiary alicyclic amines) is 1. The summed E-state index contributed by atoms with van der Waals surface area (Å²) >= 11 is 0. The number of ether oxygens (including phenoxy) is 1. The quantitative estimate of drug-likeness (QED) is 0.517. The van der Waals surface area contributed by atoms with Crippen molar-refractivity contribution < 1.29 is 14.6 Å². The number of methoxy groups -OCH3 is 1. The van der Waals surface area contributed by atoms with Crippen molar-refractivity contribution in [1.82, 2.24) is 14.5 Å². The lowest BCUT2D eigenvalue weighted by molar-refractivity contribution is 0.0783. The molecule has 0 saturated carbocycles. The third-order valence-corrected chi connectivity index (χ3v) is 6.86. The van der Waals surface area contributed by atoms with E-state index in [1.165, 1.54) is 5.56 Å². The Labute approximate surface area is 206 Å². The molecule has 1 saturated heterocycles. The predicted molar refractivity (Wildman–Crippen MR) is 135 cm³/mol. The normalized spacial score (nSPS) is 16.3. The first-order chi connectivity index (χ1) is 17.0. The second kappa shape index (κ2) is 10.8. The third kappa shape index (κ3) is 4.94. The van der Waals surface area contributed by atoms with Gasteiger partial charge >= 0.3 is 0 Å². The molecule has 1 fully saturated rings. The molecular formula is C28H33N3O4. The number of aromatic nitrogens is 2. The number of para-hydroxylation sites is 1. The van der Waals surface area contributed by atoms with Crippen LogP contribution in [-0.4, -0.2) is 45.7 Å². The van der Waals surface area contributed by atoms with Crippen LogP contribution in [0.1, 0.15) is 72.4 Å². The standard InChI is InChI=1S/C28H33N3O4/c1-4-5-15-24-29-26(32)25(27(33)30-17-16-21(18-30)20-11-7-6-8-12-20)28(34)31(24)19(2)22-13-9-10-14-23(22)35-3/h6-14,19,21,32H,4-5,15-18H2,1-3H3/t19?,21-/m0/s1. The third-order valence-electron chi connectivity index (χ3n) is 6.86. The van der Waals surface area contributed by atoms with Crippen LogP contribution < -0.4 is 10.3 Å². The van der Waals surface area contributed by atoms with Crippen LogP contribution in [0.4, 0.5) is 0 Å². The molecule has 0 spiro atoms. The summed E-state index contributed by atoms with van der Waals surface area (Å²) in [5.74, 6) is 0.362. The fraction of sp³-hybridized carbons (Fsp3) is 0.393. The Balaban J connectivity index is 1.73. The van der Waals surface area contributed by atoms with Crippen LogP contribution >= 0.6 is 0 Å². The molecule has 0 radical (unpaired) electrons. The van der Waals surface area contributed by atoms with Gasteiger partial charge in [-0.25, -0.2) is 0 Å². The number of hydrogen-bond acceptors (Lipinski definition) is 5. The number of carbonyl (C=O) groups is 1. The lowest BCUT2D eigenvalue weighted by Crippen LogP contribution is -2.38. The Bertz CT molecular complexity index is 1240. The van der Waals surface area contributed by atoms with Gasteiger partial charge in [0, 0.05) is 31.0 Å². The zero-order chi connectivity index (χ0) is 24.9. The molecule has 184 valence electrons. The SMILES string of the molecule is CCCCc1nc(O)c(C(=O)N2CC[C@H](c3ccccc3)C2)c(=O)n1C(C)c1ccccc1OC. The highest BCUT2D eigenvalue weighted by Crippen LogP contribution is 2.31. The molecule has 2 atom stereocenters. The fourth-order valence-electron chi connectivity index (χ4n) is 4.91. The molecule has 0 bridgehead atoms. The first-order valence-corrected chi connectivity index (χ1v) is 12.3. The predicted octanol–water partition coefficient (Wildman–Crippen LogP) is 4.54. The first-order valence-electron chi connectivity index (χ1n) is 12.3. The van der Waals surface area contributed by atoms with Crippen molar-refractivity contribution in [2.24, 2.45) is 0 Å². The Morgan fingerprint density at radius 2 is 1.89 bits per heavy atom. The van der Waals surface area contributed by atoms with Gasteiger partial charge in [-0.1, -0.05) is 61.9 Å². The maximum Gasteiger partial charge on any atom is 0.270 e. The molecule has 1 aromatic heterocycles. The molecule has 3 aromatic rings. The molecule has 2 heterocycles. The largest absolute Gasteiger partial charge is 0.496 e. The molecule has 2 aromatic carbocycles. The Morgan fingerprint density at radius 3 is 2.60 bits per heavy atom. The summed E-state index contributed by atoms with van der Waals surface area (Å²) in [6, 6.07) is 17.1. The van der Waals surface area contributed by atoms with E-state index < -0.39 is 23.4 Å². The average Bonchev–Trinajstić information content (AvgIpc) is 3.38. The van der Waals surface area contributed by atoms with E-state index in [2.05, 4.69) is 24.0 Å². The highest BCUT2D eigenvalue weighted by atomic mass is 16.5. The van der Waals surface area contributed by atoms with E-state index in [-0.39, 0.29) is 11.5 Å². The fourth-order valence-corrected chi connectivity index (χ4v) is 4.91. The van der Waals surface area contributed by atoms with E-state index in [1.54, 1.807) is 16.6 Å². The van der Waals surface area contributed by atoms with Crippen LogP contribution in [0.5, 0.6) is 11.6 Å². The molecule has 1 unspecified atom stereocenters. The zero-order valence-electron chi connectivity index (χ0n) is 20.6. The van der Waals surface area contributed by atoms with Crippen molar-refractivity contribution >= 4 is 5.91 Å². The second-order valence-corrected chi connectivity index (χ2v) is 9.07. The van der Waals surface area contributed by atoms with Crippen LogP contribution in [0, 0.1) is 0 Å². The van der Waals surface area contributed by atoms with Crippen molar-refractivity contribution in [1.29, 1.82) is 0 Å². The minimum Gasteiger partial charge on any atom is -0.496 e. The van der Waals surface area contributed by atoms with Crippen LogP contribution in [0.2, 0.25) is 0 Å². The second-order valence-electron chi connectivity index (χ2n) is 9.07. The van der Waals surface area contributed by atoms with Crippen molar-refractivity contribution in [2.45, 2.75) is 51.5 Å². The highest BCUT2D eigenvalue weighted by Gasteiger charge is 2.33. The number of aryl methyl sites for hydroxylation is 1. The van der Waals surface area contributed by atoms with Crippen molar-refractivity contribution in [3.8, 4) is 11.6 Å². The number of carbonyl (C=O) groups excluding carboxylic acids is 1. The molecule has 1 aliphatic rings. The number of unbranched alkanes of at least 4 members (excludes halogenated alkanes) is 1. The number of benzene rings is 2. The minimum atomic E-state index is -0.518. The molecule has 7 nitrogen and oxygen atoms in total. The van der Waals surface area contributed by atoms with Crippen LogP contribution in [0.15, 0.2) is 59.4 Å². The Kier molecular flexibility index (Phi) is 7.54. The van der Waals surface area contributed by atoms with Crippen molar-refractivity contribution in [2.75, 3.05) is 20.2 Å². The van der Waals surface area contributed by atoms with Gasteiger partial charge in [-0.2, -0.15) is 4.98 Å². The summed E-state index contributed by atoms with van der Waals surface area (Å²) in [7, 11) is 1.59. The molecule has 1 amide bonds. The summed E-state index contributed by atoms with van der Waals surface area (Å²) < 4.78 is 7.07. The minimum absolute atomic E-state index is 0.203. The zero-order valence-corrected chi connectivity index (χ0v) is 20.6. The maximum absolute atomic E-state index is 13.8. The highest BCUT2D eigenvalue weighted by molar-refractivity contribution is 5.96. The van der Waals surface area contributed by atoms with Crippen LogP contribution in [0.25, 0.3) is 0 Å².